The summed E-state index contributed by atoms with van der Waals surface area (Å²) in [5, 5.41) is 8.85. The van der Waals surface area contributed by atoms with Crippen LogP contribution in [0.25, 0.3) is 6.08 Å². The number of carboxylic acid groups (broad SMARTS) is 1. The molecule has 1 rings (SSSR count). The van der Waals surface area contributed by atoms with Crippen molar-refractivity contribution in [3.8, 4) is 5.75 Å². The van der Waals surface area contributed by atoms with Gasteiger partial charge < -0.3 is 14.6 Å². The molecule has 0 amide bonds. The van der Waals surface area contributed by atoms with Gasteiger partial charge in [-0.25, -0.2) is 4.79 Å². The fourth-order valence-corrected chi connectivity index (χ4v) is 1.88. The highest BCUT2D eigenvalue weighted by Gasteiger charge is 2.04. The lowest BCUT2D eigenvalue weighted by Gasteiger charge is -2.09. The van der Waals surface area contributed by atoms with Crippen molar-refractivity contribution in [3.63, 3.8) is 0 Å². The summed E-state index contributed by atoms with van der Waals surface area (Å²) in [4.78, 5) is 10.8. The standard InChI is InChI=1S/C14H17IO4/c1-3-18-6-7-19-13-9-11(4-5-12(13)15)8-10(2)14(16)17/h4-5,8-9H,3,6-7H2,1-2H3,(H,16,17)/b10-8+. The number of ether oxygens (including phenoxy) is 2. The lowest BCUT2D eigenvalue weighted by atomic mass is 10.1. The van der Waals surface area contributed by atoms with E-state index in [0.717, 1.165) is 14.9 Å². The van der Waals surface area contributed by atoms with E-state index in [4.69, 9.17) is 14.6 Å². The van der Waals surface area contributed by atoms with Gasteiger partial charge in [0.1, 0.15) is 12.4 Å². The van der Waals surface area contributed by atoms with Crippen LogP contribution in [0.1, 0.15) is 19.4 Å². The van der Waals surface area contributed by atoms with Crippen LogP contribution in [-0.4, -0.2) is 30.9 Å². The predicted molar refractivity (Wildman–Crippen MR) is 82.4 cm³/mol. The Morgan fingerprint density at radius 1 is 1.42 bits per heavy atom. The van der Waals surface area contributed by atoms with Gasteiger partial charge in [0.25, 0.3) is 0 Å². The zero-order valence-electron chi connectivity index (χ0n) is 11.0. The first kappa shape index (κ1) is 16.0. The van der Waals surface area contributed by atoms with Crippen LogP contribution in [0.15, 0.2) is 23.8 Å². The fraction of sp³-hybridized carbons (Fsp3) is 0.357. The quantitative estimate of drug-likeness (QED) is 0.451. The molecule has 0 aliphatic carbocycles. The Bertz CT molecular complexity index is 469. The lowest BCUT2D eigenvalue weighted by Crippen LogP contribution is -2.07. The second kappa shape index (κ2) is 8.16. The Balaban J connectivity index is 2.77. The molecular weight excluding hydrogens is 359 g/mol. The molecule has 0 aromatic heterocycles. The molecule has 0 spiro atoms. The number of benzene rings is 1. The summed E-state index contributed by atoms with van der Waals surface area (Å²) in [5.41, 5.74) is 1.10. The molecule has 0 unspecified atom stereocenters. The maximum atomic E-state index is 10.8. The molecule has 0 aliphatic rings. The van der Waals surface area contributed by atoms with E-state index >= 15 is 0 Å². The second-order valence-electron chi connectivity index (χ2n) is 3.87. The first-order chi connectivity index (χ1) is 9.04. The van der Waals surface area contributed by atoms with Crippen molar-refractivity contribution in [3.05, 3.63) is 32.9 Å². The van der Waals surface area contributed by atoms with Crippen molar-refractivity contribution < 1.29 is 19.4 Å². The molecule has 1 N–H and O–H groups in total. The second-order valence-corrected chi connectivity index (χ2v) is 5.03. The monoisotopic (exact) mass is 376 g/mol. The van der Waals surface area contributed by atoms with Gasteiger partial charge in [0.05, 0.1) is 10.2 Å². The minimum atomic E-state index is -0.919. The van der Waals surface area contributed by atoms with Crippen molar-refractivity contribution in [2.24, 2.45) is 0 Å². The first-order valence-corrected chi connectivity index (χ1v) is 7.04. The molecule has 0 saturated carbocycles. The number of aliphatic carboxylic acids is 1. The van der Waals surface area contributed by atoms with E-state index in [1.54, 1.807) is 13.0 Å². The maximum Gasteiger partial charge on any atom is 0.331 e. The first-order valence-electron chi connectivity index (χ1n) is 5.96. The Labute approximate surface area is 126 Å². The molecule has 0 bridgehead atoms. The average Bonchev–Trinajstić information content (AvgIpc) is 2.38. The highest BCUT2D eigenvalue weighted by Crippen LogP contribution is 2.23. The van der Waals surface area contributed by atoms with E-state index in [1.807, 2.05) is 25.1 Å². The predicted octanol–water partition coefficient (Wildman–Crippen LogP) is 3.19. The minimum absolute atomic E-state index is 0.293. The third kappa shape index (κ3) is 5.61. The highest BCUT2D eigenvalue weighted by molar-refractivity contribution is 14.1. The fourth-order valence-electron chi connectivity index (χ4n) is 1.39. The van der Waals surface area contributed by atoms with Gasteiger partial charge in [-0.05, 0) is 60.2 Å². The molecule has 19 heavy (non-hydrogen) atoms. The Kier molecular flexibility index (Phi) is 6.86. The number of halogens is 1. The van der Waals surface area contributed by atoms with Gasteiger partial charge in [-0.3, -0.25) is 0 Å². The van der Waals surface area contributed by atoms with Crippen molar-refractivity contribution >= 4 is 34.6 Å². The van der Waals surface area contributed by atoms with Gasteiger partial charge in [0, 0.05) is 12.2 Å². The highest BCUT2D eigenvalue weighted by atomic mass is 127. The molecule has 0 radical (unpaired) electrons. The van der Waals surface area contributed by atoms with Crippen LogP contribution >= 0.6 is 22.6 Å². The molecule has 4 nitrogen and oxygen atoms in total. The summed E-state index contributed by atoms with van der Waals surface area (Å²) in [6.45, 7) is 5.19. The molecule has 1 aromatic rings. The van der Waals surface area contributed by atoms with Crippen LogP contribution in [0.5, 0.6) is 5.75 Å². The topological polar surface area (TPSA) is 55.8 Å². The van der Waals surface area contributed by atoms with E-state index in [-0.39, 0.29) is 0 Å². The van der Waals surface area contributed by atoms with Gasteiger partial charge in [-0.2, -0.15) is 0 Å². The van der Waals surface area contributed by atoms with Crippen LogP contribution in [0.4, 0.5) is 0 Å². The van der Waals surface area contributed by atoms with Crippen molar-refractivity contribution in [2.45, 2.75) is 13.8 Å². The van der Waals surface area contributed by atoms with Crippen molar-refractivity contribution in [1.82, 2.24) is 0 Å². The van der Waals surface area contributed by atoms with E-state index in [1.165, 1.54) is 0 Å². The summed E-state index contributed by atoms with van der Waals surface area (Å²) in [5.74, 6) is -0.176. The van der Waals surface area contributed by atoms with Crippen LogP contribution in [0, 0.1) is 3.57 Å². The molecule has 104 valence electrons. The Morgan fingerprint density at radius 3 is 2.79 bits per heavy atom. The molecule has 5 heteroatoms. The van der Waals surface area contributed by atoms with E-state index in [0.29, 0.717) is 25.4 Å². The van der Waals surface area contributed by atoms with Crippen LogP contribution in [0.3, 0.4) is 0 Å². The number of carbonyl (C=O) groups is 1. The smallest absolute Gasteiger partial charge is 0.331 e. The van der Waals surface area contributed by atoms with Crippen LogP contribution in [-0.2, 0) is 9.53 Å². The third-order valence-electron chi connectivity index (χ3n) is 2.37. The van der Waals surface area contributed by atoms with Gasteiger partial charge in [-0.1, -0.05) is 6.07 Å². The molecule has 0 saturated heterocycles. The van der Waals surface area contributed by atoms with Crippen molar-refractivity contribution in [2.75, 3.05) is 19.8 Å². The largest absolute Gasteiger partial charge is 0.490 e. The summed E-state index contributed by atoms with van der Waals surface area (Å²) in [6.07, 6.45) is 1.62. The summed E-state index contributed by atoms with van der Waals surface area (Å²) >= 11 is 2.18. The molecule has 0 atom stereocenters. The zero-order chi connectivity index (χ0) is 14.3. The summed E-state index contributed by atoms with van der Waals surface area (Å²) in [6, 6.07) is 5.60. The number of rotatable bonds is 7. The van der Waals surface area contributed by atoms with Gasteiger partial charge >= 0.3 is 5.97 Å². The summed E-state index contributed by atoms with van der Waals surface area (Å²) < 4.78 is 11.8. The van der Waals surface area contributed by atoms with Gasteiger partial charge in [0.2, 0.25) is 0 Å². The molecule has 0 heterocycles. The molecular formula is C14H17IO4. The molecule has 0 fully saturated rings. The van der Waals surface area contributed by atoms with E-state index in [2.05, 4.69) is 22.6 Å². The number of carboxylic acids is 1. The normalized spacial score (nSPS) is 11.4. The maximum absolute atomic E-state index is 10.8. The molecule has 1 aromatic carbocycles. The SMILES string of the molecule is CCOCCOc1cc(/C=C(\C)C(=O)O)ccc1I. The minimum Gasteiger partial charge on any atom is -0.490 e. The summed E-state index contributed by atoms with van der Waals surface area (Å²) in [7, 11) is 0. The third-order valence-corrected chi connectivity index (χ3v) is 3.26. The average molecular weight is 376 g/mol. The zero-order valence-corrected chi connectivity index (χ0v) is 13.1. The Morgan fingerprint density at radius 2 is 2.16 bits per heavy atom. The molecule has 0 aliphatic heterocycles. The lowest BCUT2D eigenvalue weighted by molar-refractivity contribution is -0.132. The van der Waals surface area contributed by atoms with Crippen LogP contribution < -0.4 is 4.74 Å². The van der Waals surface area contributed by atoms with Crippen LogP contribution in [0.2, 0.25) is 0 Å². The van der Waals surface area contributed by atoms with Crippen molar-refractivity contribution in [1.29, 1.82) is 0 Å². The van der Waals surface area contributed by atoms with Gasteiger partial charge in [0.15, 0.2) is 0 Å². The van der Waals surface area contributed by atoms with E-state index in [9.17, 15) is 4.79 Å². The Hall–Kier alpha value is -1.08. The van der Waals surface area contributed by atoms with Gasteiger partial charge in [-0.15, -0.1) is 0 Å². The number of hydrogen-bond acceptors (Lipinski definition) is 3. The number of hydrogen-bond donors (Lipinski definition) is 1. The van der Waals surface area contributed by atoms with E-state index < -0.39 is 5.97 Å².